The van der Waals surface area contributed by atoms with E-state index in [2.05, 4.69) is 18.0 Å². The summed E-state index contributed by atoms with van der Waals surface area (Å²) >= 11 is 0. The van der Waals surface area contributed by atoms with Crippen LogP contribution in [-0.4, -0.2) is 82.7 Å². The number of fused-ring (bicyclic) bond motifs is 2. The van der Waals surface area contributed by atoms with Crippen molar-refractivity contribution >= 4 is 23.6 Å². The number of aliphatic hydroxyl groups is 2. The van der Waals surface area contributed by atoms with Crippen LogP contribution in [0.2, 0.25) is 0 Å². The minimum atomic E-state index is -1.62. The van der Waals surface area contributed by atoms with Gasteiger partial charge >= 0.3 is 12.2 Å². The summed E-state index contributed by atoms with van der Waals surface area (Å²) in [7, 11) is 0. The van der Waals surface area contributed by atoms with Gasteiger partial charge in [-0.1, -0.05) is 42.3 Å². The van der Waals surface area contributed by atoms with Gasteiger partial charge in [0.25, 0.3) is 5.69 Å². The molecule has 63 heavy (non-hydrogen) atoms. The molecule has 3 N–H and O–H groups in total. The van der Waals surface area contributed by atoms with E-state index in [-0.39, 0.29) is 63.5 Å². The number of oxime groups is 1. The number of nitrogens with zero attached hydrogens (tertiary/aromatic N) is 3. The van der Waals surface area contributed by atoms with Gasteiger partial charge in [0.2, 0.25) is 5.79 Å². The normalized spacial score (nSPS) is 22.7. The topological polar surface area (TPSA) is 192 Å². The van der Waals surface area contributed by atoms with E-state index in [9.17, 15) is 34.3 Å². The van der Waals surface area contributed by atoms with Crippen molar-refractivity contribution in [1.29, 1.82) is 0 Å². The van der Waals surface area contributed by atoms with E-state index in [1.807, 2.05) is 6.07 Å². The molecule has 1 heterocycles. The molecule has 2 amide bonds. The number of allylic oxidation sites excluding steroid dienone is 1. The van der Waals surface area contributed by atoms with Crippen LogP contribution in [0, 0.1) is 33.7 Å². The van der Waals surface area contributed by atoms with Gasteiger partial charge in [-0.05, 0) is 111 Å². The molecule has 6 unspecified atom stereocenters. The Hall–Kier alpha value is -5.84. The molecule has 16 heteroatoms. The number of rotatable bonds is 21. The molecule has 1 fully saturated rings. The number of carbonyl (C=O) groups is 2. The Morgan fingerprint density at radius 3 is 2.41 bits per heavy atom. The summed E-state index contributed by atoms with van der Waals surface area (Å²) in [4.78, 5) is 45.6. The van der Waals surface area contributed by atoms with Gasteiger partial charge in [-0.3, -0.25) is 15.0 Å². The molecule has 6 rings (SSSR count). The standard InChI is InChI=1S/C47H57FN4O11/c1-4-25-60-47-42(51(46(56)59-6-3)29-31-13-17-34(48)18-14-31)28-40(50-61-30-32-15-19-35(20-16-32)52(57)58)38-26-33(11-7-9-23-53)37(12-8-10-24-54)43(44(38)47)39-27-36(21-22-41(39)63-47)62-45(55)49-5-2/h4,13-22,26-27,33,37,42-44,53-54H,1,5-12,23-25,28-30H2,2-3H3,(H,49,55). The highest BCUT2D eigenvalue weighted by Crippen LogP contribution is 2.62. The van der Waals surface area contributed by atoms with Gasteiger partial charge in [-0.2, -0.15) is 0 Å². The molecule has 15 nitrogen and oxygen atoms in total. The lowest BCUT2D eigenvalue weighted by molar-refractivity contribution is -0.384. The Morgan fingerprint density at radius 1 is 1.03 bits per heavy atom. The first-order chi connectivity index (χ1) is 30.6. The van der Waals surface area contributed by atoms with Crippen LogP contribution in [0.1, 0.15) is 81.4 Å². The van der Waals surface area contributed by atoms with Gasteiger partial charge in [-0.15, -0.1) is 6.58 Å². The number of halogens is 1. The van der Waals surface area contributed by atoms with Crippen molar-refractivity contribution in [3.8, 4) is 11.5 Å². The van der Waals surface area contributed by atoms with Crippen LogP contribution in [0.3, 0.4) is 0 Å². The molecule has 1 aliphatic heterocycles. The lowest BCUT2D eigenvalue weighted by Crippen LogP contribution is -2.70. The second-order valence-electron chi connectivity index (χ2n) is 15.8. The average molecular weight is 873 g/mol. The van der Waals surface area contributed by atoms with E-state index in [4.69, 9.17) is 28.9 Å². The highest BCUT2D eigenvalue weighted by atomic mass is 19.1. The quantitative estimate of drug-likeness (QED) is 0.0404. The van der Waals surface area contributed by atoms with Gasteiger partial charge in [0.1, 0.15) is 30.0 Å². The zero-order chi connectivity index (χ0) is 44.9. The lowest BCUT2D eigenvalue weighted by Gasteiger charge is -2.59. The molecule has 2 aliphatic carbocycles. The second kappa shape index (κ2) is 22.0. The Morgan fingerprint density at radius 2 is 1.75 bits per heavy atom. The van der Waals surface area contributed by atoms with Crippen LogP contribution in [0.15, 0.2) is 96.2 Å². The summed E-state index contributed by atoms with van der Waals surface area (Å²) in [6.45, 7) is 7.90. The van der Waals surface area contributed by atoms with Gasteiger partial charge in [-0.25, -0.2) is 14.0 Å². The Bertz CT molecular complexity index is 2110. The van der Waals surface area contributed by atoms with Gasteiger partial charge in [0, 0.05) is 56.3 Å². The predicted octanol–water partition coefficient (Wildman–Crippen LogP) is 8.33. The van der Waals surface area contributed by atoms with E-state index >= 15 is 0 Å². The number of hydrogen-bond donors (Lipinski definition) is 3. The number of nitro benzene ring substituents is 1. The van der Waals surface area contributed by atoms with Crippen LogP contribution in [0.25, 0.3) is 0 Å². The van der Waals surface area contributed by atoms with Crippen molar-refractivity contribution in [1.82, 2.24) is 10.2 Å². The minimum absolute atomic E-state index is 0.0105. The van der Waals surface area contributed by atoms with Gasteiger partial charge in [0.05, 0.1) is 29.8 Å². The number of nitro groups is 1. The fourth-order valence-corrected chi connectivity index (χ4v) is 9.19. The molecule has 0 spiro atoms. The number of unbranched alkanes of at least 4 members (excludes halogenated alkanes) is 2. The number of ether oxygens (including phenoxy) is 4. The zero-order valence-electron chi connectivity index (χ0n) is 35.8. The molecule has 0 saturated heterocycles. The van der Waals surface area contributed by atoms with Crippen LogP contribution < -0.4 is 14.8 Å². The average Bonchev–Trinajstić information content (AvgIpc) is 3.27. The van der Waals surface area contributed by atoms with E-state index in [0.29, 0.717) is 67.0 Å². The first-order valence-electron chi connectivity index (χ1n) is 21.6. The summed E-state index contributed by atoms with van der Waals surface area (Å²) in [5.74, 6) is -2.57. The van der Waals surface area contributed by atoms with E-state index in [1.54, 1.807) is 56.3 Å². The third kappa shape index (κ3) is 10.9. The van der Waals surface area contributed by atoms with Crippen molar-refractivity contribution in [2.45, 2.75) is 89.7 Å². The largest absolute Gasteiger partial charge is 0.459 e. The summed E-state index contributed by atoms with van der Waals surface area (Å²) < 4.78 is 39.9. The minimum Gasteiger partial charge on any atom is -0.459 e. The number of non-ortho nitro benzene ring substituents is 1. The summed E-state index contributed by atoms with van der Waals surface area (Å²) in [5.41, 5.74) is 3.22. The fourth-order valence-electron chi connectivity index (χ4n) is 9.19. The number of aliphatic hydroxyl groups excluding tert-OH is 2. The third-order valence-electron chi connectivity index (χ3n) is 11.9. The summed E-state index contributed by atoms with van der Waals surface area (Å²) in [5, 5.41) is 38.6. The van der Waals surface area contributed by atoms with E-state index < -0.39 is 46.6 Å². The first-order valence-corrected chi connectivity index (χ1v) is 21.6. The molecule has 3 aromatic rings. The first kappa shape index (κ1) is 46.7. The molecule has 6 atom stereocenters. The molecule has 3 aliphatic rings. The Kier molecular flexibility index (Phi) is 16.3. The van der Waals surface area contributed by atoms with Crippen LogP contribution in [0.4, 0.5) is 19.7 Å². The smallest absolute Gasteiger partial charge is 0.412 e. The zero-order valence-corrected chi connectivity index (χ0v) is 35.8. The van der Waals surface area contributed by atoms with E-state index in [1.165, 1.54) is 29.2 Å². The molecule has 3 aromatic carbocycles. The maximum Gasteiger partial charge on any atom is 0.412 e. The predicted molar refractivity (Wildman–Crippen MR) is 232 cm³/mol. The third-order valence-corrected chi connectivity index (χ3v) is 11.9. The van der Waals surface area contributed by atoms with Crippen molar-refractivity contribution in [3.63, 3.8) is 0 Å². The Balaban J connectivity index is 1.59. The van der Waals surface area contributed by atoms with Crippen molar-refractivity contribution < 1.29 is 52.9 Å². The van der Waals surface area contributed by atoms with Crippen LogP contribution >= 0.6 is 0 Å². The number of benzene rings is 3. The second-order valence-corrected chi connectivity index (χ2v) is 15.8. The van der Waals surface area contributed by atoms with Gasteiger partial charge < -0.3 is 39.3 Å². The molecule has 0 bridgehead atoms. The monoisotopic (exact) mass is 872 g/mol. The highest BCUT2D eigenvalue weighted by Gasteiger charge is 2.65. The maximum absolute atomic E-state index is 14.4. The highest BCUT2D eigenvalue weighted by molar-refractivity contribution is 6.03. The number of amides is 2. The van der Waals surface area contributed by atoms with Crippen LogP contribution in [0.5, 0.6) is 11.5 Å². The number of hydrogen-bond acceptors (Lipinski definition) is 12. The van der Waals surface area contributed by atoms with Crippen molar-refractivity contribution in [2.24, 2.45) is 22.9 Å². The molecule has 0 aromatic heterocycles. The molecule has 338 valence electrons. The lowest BCUT2D eigenvalue weighted by atomic mass is 9.55. The van der Waals surface area contributed by atoms with Gasteiger partial charge in [0.15, 0.2) is 0 Å². The van der Waals surface area contributed by atoms with Crippen molar-refractivity contribution in [2.75, 3.05) is 33.0 Å². The summed E-state index contributed by atoms with van der Waals surface area (Å²) in [6.07, 6.45) is 6.53. The number of carbonyl (C=O) groups excluding carboxylic acids is 2. The SMILES string of the molecule is C=CCOC12Oc3ccc(OC(=O)NCC)cc3C3C(CCCCO)C(CCCCO)C=C(C(=NOCc4ccc([N+](=O)[O-])cc4)CC1N(Cc1ccc(F)cc1)C(=O)OCC)C32. The number of nitrogens with one attached hydrogen (secondary N) is 1. The summed E-state index contributed by atoms with van der Waals surface area (Å²) in [6, 6.07) is 16.1. The maximum atomic E-state index is 14.4. The van der Waals surface area contributed by atoms with Crippen LogP contribution in [-0.2, 0) is 27.5 Å². The van der Waals surface area contributed by atoms with Crippen molar-refractivity contribution in [3.05, 3.63) is 124 Å². The fraction of sp³-hybridized carbons (Fsp3) is 0.468. The van der Waals surface area contributed by atoms with E-state index in [0.717, 1.165) is 17.6 Å². The molecular formula is C47H57FN4O11. The molecular weight excluding hydrogens is 816 g/mol. The molecule has 0 radical (unpaired) electrons. The molecule has 1 saturated carbocycles. The Labute approximate surface area is 366 Å².